The molecule has 274 valence electrons. The average Bonchev–Trinajstić information content (AvgIpc) is 3.67. The van der Waals surface area contributed by atoms with Crippen LogP contribution < -0.4 is 4.90 Å². The van der Waals surface area contributed by atoms with Gasteiger partial charge in [0.2, 0.25) is 0 Å². The summed E-state index contributed by atoms with van der Waals surface area (Å²) in [6.45, 7) is 0. The summed E-state index contributed by atoms with van der Waals surface area (Å²) in [4.78, 5) is 2.56. The molecule has 0 fully saturated rings. The predicted molar refractivity (Wildman–Crippen MR) is 245 cm³/mol. The highest BCUT2D eigenvalue weighted by molar-refractivity contribution is 6.06. The molecular weight excluding hydrogens is 703 g/mol. The van der Waals surface area contributed by atoms with Crippen molar-refractivity contribution in [1.82, 2.24) is 0 Å². The van der Waals surface area contributed by atoms with Crippen LogP contribution in [0.4, 0.5) is 11.4 Å². The molecule has 0 spiro atoms. The van der Waals surface area contributed by atoms with Crippen LogP contribution in [-0.4, -0.2) is 6.04 Å². The molecule has 2 heteroatoms. The third-order valence-electron chi connectivity index (χ3n) is 11.8. The van der Waals surface area contributed by atoms with Gasteiger partial charge in [-0.15, -0.1) is 0 Å². The Morgan fingerprint density at radius 2 is 0.948 bits per heavy atom. The summed E-state index contributed by atoms with van der Waals surface area (Å²) in [6.07, 6.45) is 5.53. The molecule has 0 bridgehead atoms. The van der Waals surface area contributed by atoms with E-state index in [-0.39, 0.29) is 6.04 Å². The third-order valence-corrected chi connectivity index (χ3v) is 11.8. The zero-order chi connectivity index (χ0) is 38.4. The predicted octanol–water partition coefficient (Wildman–Crippen LogP) is 15.3. The molecule has 9 aromatic carbocycles. The Hall–Kier alpha value is -7.42. The summed E-state index contributed by atoms with van der Waals surface area (Å²) in [5, 5.41) is 7.28. The lowest BCUT2D eigenvalue weighted by atomic mass is 9.84. The first-order valence-electron chi connectivity index (χ1n) is 20.1. The monoisotopic (exact) mass is 741 g/mol. The van der Waals surface area contributed by atoms with Crippen LogP contribution >= 0.6 is 0 Å². The van der Waals surface area contributed by atoms with Crippen LogP contribution in [0.25, 0.3) is 76.9 Å². The number of hydrogen-bond donors (Lipinski definition) is 0. The van der Waals surface area contributed by atoms with Gasteiger partial charge in [0.1, 0.15) is 11.2 Å². The van der Waals surface area contributed by atoms with Gasteiger partial charge in [-0.05, 0) is 127 Å². The molecule has 1 atom stereocenters. The summed E-state index contributed by atoms with van der Waals surface area (Å²) in [6, 6.07) is 74.8. The summed E-state index contributed by atoms with van der Waals surface area (Å²) in [5.74, 6) is 0. The van der Waals surface area contributed by atoms with Crippen LogP contribution in [0.2, 0.25) is 0 Å². The molecule has 0 radical (unpaired) electrons. The van der Waals surface area contributed by atoms with E-state index in [0.29, 0.717) is 0 Å². The van der Waals surface area contributed by atoms with Crippen LogP contribution in [0.3, 0.4) is 0 Å². The van der Waals surface area contributed by atoms with E-state index in [2.05, 4.69) is 211 Å². The van der Waals surface area contributed by atoms with Gasteiger partial charge in [0.05, 0.1) is 6.04 Å². The maximum absolute atomic E-state index is 6.21. The fraction of sp³-hybridized carbons (Fsp3) is 0.0357. The lowest BCUT2D eigenvalue weighted by Gasteiger charge is -2.38. The Kier molecular flexibility index (Phi) is 8.33. The zero-order valence-electron chi connectivity index (χ0n) is 31.9. The smallest absolute Gasteiger partial charge is 0.135 e. The van der Waals surface area contributed by atoms with Gasteiger partial charge < -0.3 is 9.32 Å². The summed E-state index contributed by atoms with van der Waals surface area (Å²) < 4.78 is 6.21. The van der Waals surface area contributed by atoms with E-state index in [1.54, 1.807) is 0 Å². The number of furan rings is 1. The SMILES string of the molecule is C1=C(c2ccc3ccccc3c2)CC(N(c2ccc(-c3ccc4ccccc4c3)cc2)c2cccc(-c3ccc4oc5ccccc5c4c3)c2)C(c2ccccc2)=C1. The number of anilines is 2. The number of hydrogen-bond acceptors (Lipinski definition) is 2. The first kappa shape index (κ1) is 33.9. The van der Waals surface area contributed by atoms with Gasteiger partial charge in [0.15, 0.2) is 0 Å². The molecule has 0 amide bonds. The number of allylic oxidation sites excluding steroid dienone is 2. The molecule has 10 aromatic rings. The number of fused-ring (bicyclic) bond motifs is 5. The minimum Gasteiger partial charge on any atom is -0.456 e. The summed E-state index contributed by atoms with van der Waals surface area (Å²) in [7, 11) is 0. The maximum Gasteiger partial charge on any atom is 0.135 e. The Balaban J connectivity index is 1.06. The second-order valence-electron chi connectivity index (χ2n) is 15.3. The van der Waals surface area contributed by atoms with Gasteiger partial charge in [-0.1, -0.05) is 164 Å². The molecule has 0 aliphatic heterocycles. The van der Waals surface area contributed by atoms with E-state index in [9.17, 15) is 0 Å². The molecule has 1 unspecified atom stereocenters. The fourth-order valence-electron chi connectivity index (χ4n) is 8.87. The fourth-order valence-corrected chi connectivity index (χ4v) is 8.87. The van der Waals surface area contributed by atoms with E-state index in [4.69, 9.17) is 4.42 Å². The van der Waals surface area contributed by atoms with Gasteiger partial charge in [-0.25, -0.2) is 0 Å². The number of nitrogens with zero attached hydrogens (tertiary/aromatic N) is 1. The van der Waals surface area contributed by atoms with Crippen LogP contribution in [0.5, 0.6) is 0 Å². The second kappa shape index (κ2) is 14.3. The van der Waals surface area contributed by atoms with E-state index >= 15 is 0 Å². The molecule has 1 aliphatic carbocycles. The van der Waals surface area contributed by atoms with E-state index < -0.39 is 0 Å². The van der Waals surface area contributed by atoms with Gasteiger partial charge in [-0.2, -0.15) is 0 Å². The zero-order valence-corrected chi connectivity index (χ0v) is 31.9. The number of rotatable bonds is 7. The quantitative estimate of drug-likeness (QED) is 0.162. The topological polar surface area (TPSA) is 16.4 Å². The minimum absolute atomic E-state index is 0.0101. The molecule has 2 nitrogen and oxygen atoms in total. The van der Waals surface area contributed by atoms with Gasteiger partial charge in [0.25, 0.3) is 0 Å². The minimum atomic E-state index is 0.0101. The third kappa shape index (κ3) is 6.16. The van der Waals surface area contributed by atoms with Gasteiger partial charge >= 0.3 is 0 Å². The molecule has 0 saturated carbocycles. The van der Waals surface area contributed by atoms with Crippen molar-refractivity contribution in [3.8, 4) is 22.3 Å². The van der Waals surface area contributed by atoms with Crippen molar-refractivity contribution >= 4 is 66.0 Å². The molecule has 11 rings (SSSR count). The highest BCUT2D eigenvalue weighted by Gasteiger charge is 2.29. The van der Waals surface area contributed by atoms with Crippen molar-refractivity contribution in [1.29, 1.82) is 0 Å². The van der Waals surface area contributed by atoms with Crippen molar-refractivity contribution in [3.63, 3.8) is 0 Å². The lowest BCUT2D eigenvalue weighted by Crippen LogP contribution is -2.33. The maximum atomic E-state index is 6.21. The Morgan fingerprint density at radius 1 is 0.362 bits per heavy atom. The van der Waals surface area contributed by atoms with Crippen LogP contribution in [-0.2, 0) is 0 Å². The Labute approximate surface area is 338 Å². The van der Waals surface area contributed by atoms with Gasteiger partial charge in [0, 0.05) is 22.1 Å². The van der Waals surface area contributed by atoms with Crippen molar-refractivity contribution in [2.45, 2.75) is 12.5 Å². The highest BCUT2D eigenvalue weighted by atomic mass is 16.3. The van der Waals surface area contributed by atoms with Gasteiger partial charge in [-0.3, -0.25) is 0 Å². The molecule has 1 heterocycles. The molecule has 58 heavy (non-hydrogen) atoms. The van der Waals surface area contributed by atoms with E-state index in [1.807, 2.05) is 12.1 Å². The normalized spacial score (nSPS) is 14.2. The van der Waals surface area contributed by atoms with Crippen LogP contribution in [0, 0.1) is 0 Å². The van der Waals surface area contributed by atoms with Crippen molar-refractivity contribution in [2.75, 3.05) is 4.90 Å². The summed E-state index contributed by atoms with van der Waals surface area (Å²) in [5.41, 5.74) is 13.9. The molecule has 0 saturated heterocycles. The summed E-state index contributed by atoms with van der Waals surface area (Å²) >= 11 is 0. The molecule has 0 N–H and O–H groups in total. The van der Waals surface area contributed by atoms with Crippen molar-refractivity contribution in [2.24, 2.45) is 0 Å². The number of benzene rings is 9. The first-order valence-corrected chi connectivity index (χ1v) is 20.1. The standard InChI is InChI=1S/C56H39NO/c1-2-13-41(14-3-1)51-31-27-48(46-24-22-39-12-5-7-16-43(39)34-46)37-54(51)57(49-29-25-40(26-30-49)45-23-21-38-11-4-6-15-42(38)33-45)50-18-10-17-44(35-50)47-28-32-56-53(36-47)52-19-8-9-20-55(52)58-56/h1-36,54H,37H2. The van der Waals surface area contributed by atoms with E-state index in [0.717, 1.165) is 50.9 Å². The molecule has 1 aliphatic rings. The Bertz CT molecular complexity index is 3200. The molecule has 1 aromatic heterocycles. The molecular formula is C56H39NO. The Morgan fingerprint density at radius 3 is 1.74 bits per heavy atom. The lowest BCUT2D eigenvalue weighted by molar-refractivity contribution is 0.669. The van der Waals surface area contributed by atoms with Crippen molar-refractivity contribution in [3.05, 3.63) is 230 Å². The largest absolute Gasteiger partial charge is 0.456 e. The first-order chi connectivity index (χ1) is 28.7. The van der Waals surface area contributed by atoms with Crippen molar-refractivity contribution < 1.29 is 4.42 Å². The second-order valence-corrected chi connectivity index (χ2v) is 15.3. The van der Waals surface area contributed by atoms with Crippen LogP contribution in [0.1, 0.15) is 17.5 Å². The van der Waals surface area contributed by atoms with Crippen LogP contribution in [0.15, 0.2) is 223 Å². The highest BCUT2D eigenvalue weighted by Crippen LogP contribution is 2.43. The van der Waals surface area contributed by atoms with E-state index in [1.165, 1.54) is 54.9 Å². The number of para-hydroxylation sites is 1. The average molecular weight is 742 g/mol.